The number of unbranched alkanes of at least 4 members (excludes halogenated alkanes) is 1. The Hall–Kier alpha value is -2.33. The Morgan fingerprint density at radius 1 is 1.24 bits per heavy atom. The molecule has 1 fully saturated rings. The molecule has 3 N–H and O–H groups in total. The van der Waals surface area contributed by atoms with Gasteiger partial charge in [0, 0.05) is 36.6 Å². The van der Waals surface area contributed by atoms with Crippen LogP contribution < -0.4 is 10.2 Å². The second-order valence-corrected chi connectivity index (χ2v) is 8.02. The van der Waals surface area contributed by atoms with Crippen LogP contribution in [0.2, 0.25) is 0 Å². The number of ether oxygens (including phenoxy) is 2. The van der Waals surface area contributed by atoms with E-state index in [1.165, 1.54) is 14.2 Å². The van der Waals surface area contributed by atoms with Crippen LogP contribution in [-0.2, 0) is 14.4 Å². The Bertz CT molecular complexity index is 783. The standard InChI is InChI=1S/C24H33F2NO6/c1-31-24(30)8-6-4-3-5-7-21-20(22(27-32-2)14-23(21)29)10-9-18(28)15-33-19-12-16(25)11-17(26)13-19/h3,5,9-13,18,20-23,27-29H,4,6-8,14-15H2,1-2H3/t18-,20-,21?,22?,23+/m1/s1. The van der Waals surface area contributed by atoms with E-state index < -0.39 is 23.8 Å². The predicted octanol–water partition coefficient (Wildman–Crippen LogP) is 3.07. The Kier molecular flexibility index (Phi) is 11.5. The topological polar surface area (TPSA) is 97.2 Å². The number of allylic oxidation sites excluding steroid dienone is 2. The second-order valence-electron chi connectivity index (χ2n) is 8.02. The number of nitrogens with one attached hydrogen (secondary N) is 1. The van der Waals surface area contributed by atoms with Crippen LogP contribution in [0.4, 0.5) is 8.78 Å². The third-order valence-corrected chi connectivity index (χ3v) is 5.58. The molecule has 2 rings (SSSR count). The smallest absolute Gasteiger partial charge is 0.305 e. The number of halogens is 2. The zero-order chi connectivity index (χ0) is 24.2. The van der Waals surface area contributed by atoms with Crippen LogP contribution in [0.3, 0.4) is 0 Å². The van der Waals surface area contributed by atoms with Crippen molar-refractivity contribution < 1.29 is 38.1 Å². The largest absolute Gasteiger partial charge is 0.490 e. The third-order valence-electron chi connectivity index (χ3n) is 5.58. The fourth-order valence-electron chi connectivity index (χ4n) is 3.96. The van der Waals surface area contributed by atoms with E-state index in [0.717, 1.165) is 24.6 Å². The molecule has 0 spiro atoms. The lowest BCUT2D eigenvalue weighted by molar-refractivity contribution is -0.140. The number of esters is 1. The third kappa shape index (κ3) is 9.21. The first-order chi connectivity index (χ1) is 15.8. The average molecular weight is 470 g/mol. The summed E-state index contributed by atoms with van der Waals surface area (Å²) in [4.78, 5) is 16.2. The van der Waals surface area contributed by atoms with Crippen LogP contribution in [0.1, 0.15) is 32.1 Å². The van der Waals surface area contributed by atoms with Gasteiger partial charge in [0.15, 0.2) is 0 Å². The number of hydrogen-bond acceptors (Lipinski definition) is 7. The van der Waals surface area contributed by atoms with E-state index in [4.69, 9.17) is 9.57 Å². The van der Waals surface area contributed by atoms with Gasteiger partial charge in [-0.05, 0) is 31.6 Å². The van der Waals surface area contributed by atoms with Gasteiger partial charge in [0.1, 0.15) is 30.1 Å². The molecule has 9 heteroatoms. The van der Waals surface area contributed by atoms with Gasteiger partial charge < -0.3 is 24.5 Å². The van der Waals surface area contributed by atoms with Gasteiger partial charge in [0.25, 0.3) is 0 Å². The van der Waals surface area contributed by atoms with Crippen molar-refractivity contribution in [2.45, 2.75) is 50.4 Å². The van der Waals surface area contributed by atoms with E-state index in [2.05, 4.69) is 10.2 Å². The highest BCUT2D eigenvalue weighted by atomic mass is 19.1. The van der Waals surface area contributed by atoms with Crippen molar-refractivity contribution >= 4 is 5.97 Å². The fraction of sp³-hybridized carbons (Fsp3) is 0.542. The van der Waals surface area contributed by atoms with Gasteiger partial charge in [-0.2, -0.15) is 5.48 Å². The van der Waals surface area contributed by atoms with Crippen LogP contribution in [0, 0.1) is 23.5 Å². The maximum Gasteiger partial charge on any atom is 0.305 e. The number of aliphatic hydroxyl groups is 2. The number of carbonyl (C=O) groups is 1. The molecule has 33 heavy (non-hydrogen) atoms. The SMILES string of the molecule is CONC1C[C@H](O)C(CC=CCCCC(=O)OC)[C@H]1C=C[C@@H](O)COc1cc(F)cc(F)c1. The zero-order valence-corrected chi connectivity index (χ0v) is 19.0. The molecule has 0 aliphatic heterocycles. The maximum atomic E-state index is 13.3. The number of methoxy groups -OCH3 is 1. The summed E-state index contributed by atoms with van der Waals surface area (Å²) < 4.78 is 36.4. The lowest BCUT2D eigenvalue weighted by atomic mass is 9.89. The monoisotopic (exact) mass is 469 g/mol. The van der Waals surface area contributed by atoms with E-state index in [0.29, 0.717) is 25.7 Å². The quantitative estimate of drug-likeness (QED) is 0.177. The first kappa shape index (κ1) is 26.9. The lowest BCUT2D eigenvalue weighted by Gasteiger charge is -2.22. The number of benzene rings is 1. The molecular weight excluding hydrogens is 436 g/mol. The summed E-state index contributed by atoms with van der Waals surface area (Å²) in [5.74, 6) is -1.99. The molecule has 0 bridgehead atoms. The summed E-state index contributed by atoms with van der Waals surface area (Å²) in [6.45, 7) is -0.179. The van der Waals surface area contributed by atoms with E-state index in [1.807, 2.05) is 18.2 Å². The summed E-state index contributed by atoms with van der Waals surface area (Å²) in [6, 6.07) is 2.67. The molecule has 7 nitrogen and oxygen atoms in total. The van der Waals surface area contributed by atoms with E-state index in [9.17, 15) is 23.8 Å². The Labute approximate surface area is 193 Å². The van der Waals surface area contributed by atoms with Crippen molar-refractivity contribution in [2.24, 2.45) is 11.8 Å². The molecule has 0 radical (unpaired) electrons. The molecule has 0 aromatic heterocycles. The van der Waals surface area contributed by atoms with E-state index in [1.54, 1.807) is 6.08 Å². The molecule has 1 saturated carbocycles. The number of aliphatic hydroxyl groups excluding tert-OH is 2. The first-order valence-electron chi connectivity index (χ1n) is 11.0. The molecule has 1 aromatic carbocycles. The van der Waals surface area contributed by atoms with E-state index >= 15 is 0 Å². The minimum absolute atomic E-state index is 0.00891. The van der Waals surface area contributed by atoms with Gasteiger partial charge in [-0.3, -0.25) is 4.79 Å². The first-order valence-corrected chi connectivity index (χ1v) is 11.0. The van der Waals surface area contributed by atoms with Gasteiger partial charge in [-0.1, -0.05) is 24.3 Å². The van der Waals surface area contributed by atoms with Crippen LogP contribution in [-0.4, -0.2) is 55.3 Å². The van der Waals surface area contributed by atoms with Crippen molar-refractivity contribution in [1.82, 2.24) is 5.48 Å². The molecule has 2 unspecified atom stereocenters. The second kappa shape index (κ2) is 14.0. The number of hydroxylamine groups is 1. The van der Waals surface area contributed by atoms with Crippen molar-refractivity contribution in [3.8, 4) is 5.75 Å². The molecule has 0 saturated heterocycles. The van der Waals surface area contributed by atoms with Crippen LogP contribution in [0.5, 0.6) is 5.75 Å². The zero-order valence-electron chi connectivity index (χ0n) is 19.0. The molecule has 0 amide bonds. The highest BCUT2D eigenvalue weighted by Crippen LogP contribution is 2.36. The Balaban J connectivity index is 1.92. The molecular formula is C24H33F2NO6. The van der Waals surface area contributed by atoms with Gasteiger partial charge in [0.05, 0.1) is 20.3 Å². The van der Waals surface area contributed by atoms with Gasteiger partial charge in [-0.15, -0.1) is 0 Å². The molecule has 184 valence electrons. The molecule has 1 aliphatic rings. The molecule has 0 heterocycles. The summed E-state index contributed by atoms with van der Waals surface area (Å²) in [5, 5.41) is 20.8. The summed E-state index contributed by atoms with van der Waals surface area (Å²) in [5.41, 5.74) is 2.90. The molecule has 5 atom stereocenters. The van der Waals surface area contributed by atoms with Crippen molar-refractivity contribution in [3.05, 3.63) is 54.1 Å². The van der Waals surface area contributed by atoms with E-state index in [-0.39, 0.29) is 36.2 Å². The summed E-state index contributed by atoms with van der Waals surface area (Å²) in [6.07, 6.45) is 8.64. The highest BCUT2D eigenvalue weighted by Gasteiger charge is 2.40. The summed E-state index contributed by atoms with van der Waals surface area (Å²) >= 11 is 0. The maximum absolute atomic E-state index is 13.3. The molecule has 1 aliphatic carbocycles. The minimum atomic E-state index is -1.01. The number of carbonyl (C=O) groups excluding carboxylic acids is 1. The summed E-state index contributed by atoms with van der Waals surface area (Å²) in [7, 11) is 2.87. The predicted molar refractivity (Wildman–Crippen MR) is 118 cm³/mol. The van der Waals surface area contributed by atoms with Crippen molar-refractivity contribution in [2.75, 3.05) is 20.8 Å². The number of hydrogen-bond donors (Lipinski definition) is 3. The van der Waals surface area contributed by atoms with Crippen LogP contribution in [0.25, 0.3) is 0 Å². The lowest BCUT2D eigenvalue weighted by Crippen LogP contribution is -2.32. The van der Waals surface area contributed by atoms with Gasteiger partial charge in [-0.25, -0.2) is 8.78 Å². The Morgan fingerprint density at radius 3 is 2.64 bits per heavy atom. The average Bonchev–Trinajstić information content (AvgIpc) is 3.06. The fourth-order valence-corrected chi connectivity index (χ4v) is 3.96. The van der Waals surface area contributed by atoms with Gasteiger partial charge >= 0.3 is 5.97 Å². The Morgan fingerprint density at radius 2 is 1.97 bits per heavy atom. The molecule has 1 aromatic rings. The van der Waals surface area contributed by atoms with Crippen molar-refractivity contribution in [3.63, 3.8) is 0 Å². The van der Waals surface area contributed by atoms with Gasteiger partial charge in [0.2, 0.25) is 0 Å². The highest BCUT2D eigenvalue weighted by molar-refractivity contribution is 5.69. The number of rotatable bonds is 13. The van der Waals surface area contributed by atoms with Crippen LogP contribution >= 0.6 is 0 Å². The van der Waals surface area contributed by atoms with Crippen LogP contribution in [0.15, 0.2) is 42.5 Å². The normalized spacial score (nSPS) is 23.9. The minimum Gasteiger partial charge on any atom is -0.490 e. The van der Waals surface area contributed by atoms with Crippen molar-refractivity contribution in [1.29, 1.82) is 0 Å².